The maximum atomic E-state index is 13.1. The first-order valence-corrected chi connectivity index (χ1v) is 8.37. The number of Topliss-reactive ketones (excluding diaryl/α,β-unsaturated/α-hetero) is 1. The number of halogens is 2. The van der Waals surface area contributed by atoms with Gasteiger partial charge in [-0.15, -0.1) is 11.8 Å². The first-order valence-electron chi connectivity index (χ1n) is 7.39. The van der Waals surface area contributed by atoms with E-state index >= 15 is 0 Å². The first kappa shape index (κ1) is 18.1. The molecule has 126 valence electrons. The van der Waals surface area contributed by atoms with Crippen molar-refractivity contribution in [1.82, 2.24) is 0 Å². The lowest BCUT2D eigenvalue weighted by molar-refractivity contribution is -0.118. The van der Waals surface area contributed by atoms with Crippen LogP contribution >= 0.6 is 11.8 Å². The highest BCUT2D eigenvalue weighted by Gasteiger charge is 2.10. The van der Waals surface area contributed by atoms with Crippen molar-refractivity contribution in [2.75, 3.05) is 11.1 Å². The summed E-state index contributed by atoms with van der Waals surface area (Å²) in [6.07, 6.45) is 0. The van der Waals surface area contributed by atoms with Crippen LogP contribution in [0.2, 0.25) is 0 Å². The van der Waals surface area contributed by atoms with Crippen molar-refractivity contribution in [2.24, 2.45) is 5.92 Å². The van der Waals surface area contributed by atoms with Crippen LogP contribution in [-0.2, 0) is 4.79 Å². The molecule has 0 aliphatic heterocycles. The molecule has 0 aromatic heterocycles. The normalized spacial score (nSPS) is 10.7. The van der Waals surface area contributed by atoms with Gasteiger partial charge in [-0.25, -0.2) is 8.78 Å². The molecule has 0 spiro atoms. The molecular weight excluding hydrogens is 332 g/mol. The van der Waals surface area contributed by atoms with E-state index in [2.05, 4.69) is 5.32 Å². The van der Waals surface area contributed by atoms with Crippen molar-refractivity contribution >= 4 is 29.1 Å². The molecule has 0 aliphatic carbocycles. The second-order valence-electron chi connectivity index (χ2n) is 5.51. The Bertz CT molecular complexity index is 745. The highest BCUT2D eigenvalue weighted by molar-refractivity contribution is 8.00. The van der Waals surface area contributed by atoms with Gasteiger partial charge in [-0.05, 0) is 42.5 Å². The Hall–Kier alpha value is -2.21. The molecule has 0 saturated carbocycles. The average molecular weight is 349 g/mol. The number of hydrogen-bond donors (Lipinski definition) is 1. The van der Waals surface area contributed by atoms with Crippen molar-refractivity contribution in [3.05, 3.63) is 59.7 Å². The molecule has 6 heteroatoms. The Morgan fingerprint density at radius 1 is 1.04 bits per heavy atom. The number of rotatable bonds is 6. The molecular formula is C18H17F2NO2S. The maximum absolute atomic E-state index is 13.1. The van der Waals surface area contributed by atoms with Crippen LogP contribution in [0.25, 0.3) is 0 Å². The van der Waals surface area contributed by atoms with E-state index in [0.29, 0.717) is 16.1 Å². The second kappa shape index (κ2) is 8.06. The number of hydrogen-bond acceptors (Lipinski definition) is 3. The molecule has 3 nitrogen and oxygen atoms in total. The van der Waals surface area contributed by atoms with Crippen LogP contribution in [0.1, 0.15) is 24.2 Å². The molecule has 0 saturated heterocycles. The van der Waals surface area contributed by atoms with Crippen LogP contribution in [0.15, 0.2) is 47.4 Å². The van der Waals surface area contributed by atoms with Crippen molar-refractivity contribution < 1.29 is 18.4 Å². The number of carbonyl (C=O) groups excluding carboxylic acids is 2. The molecule has 0 bridgehead atoms. The van der Waals surface area contributed by atoms with Crippen molar-refractivity contribution in [2.45, 2.75) is 18.7 Å². The Kier molecular flexibility index (Phi) is 6.09. The molecule has 1 amide bonds. The molecule has 0 heterocycles. The van der Waals surface area contributed by atoms with Crippen molar-refractivity contribution in [3.63, 3.8) is 0 Å². The van der Waals surface area contributed by atoms with E-state index in [1.54, 1.807) is 38.1 Å². The van der Waals surface area contributed by atoms with E-state index < -0.39 is 11.6 Å². The smallest absolute Gasteiger partial charge is 0.226 e. The second-order valence-corrected chi connectivity index (χ2v) is 6.56. The molecule has 2 aromatic rings. The van der Waals surface area contributed by atoms with Crippen molar-refractivity contribution in [3.8, 4) is 0 Å². The Morgan fingerprint density at radius 2 is 1.71 bits per heavy atom. The number of nitrogens with one attached hydrogen (secondary N) is 1. The summed E-state index contributed by atoms with van der Waals surface area (Å²) in [5, 5.41) is 2.74. The summed E-state index contributed by atoms with van der Waals surface area (Å²) in [6, 6.07) is 10.1. The monoisotopic (exact) mass is 349 g/mol. The Morgan fingerprint density at radius 3 is 2.29 bits per heavy atom. The molecule has 1 N–H and O–H groups in total. The minimum absolute atomic E-state index is 0.0945. The maximum Gasteiger partial charge on any atom is 0.226 e. The van der Waals surface area contributed by atoms with E-state index in [4.69, 9.17) is 0 Å². The molecule has 0 fully saturated rings. The summed E-state index contributed by atoms with van der Waals surface area (Å²) in [6.45, 7) is 3.59. The van der Waals surface area contributed by atoms with E-state index in [1.807, 2.05) is 0 Å². The number of ketones is 1. The van der Waals surface area contributed by atoms with E-state index in [1.165, 1.54) is 6.07 Å². The molecule has 2 rings (SSSR count). The van der Waals surface area contributed by atoms with Gasteiger partial charge in [0.1, 0.15) is 0 Å². The predicted molar refractivity (Wildman–Crippen MR) is 91.3 cm³/mol. The zero-order chi connectivity index (χ0) is 17.7. The fourth-order valence-corrected chi connectivity index (χ4v) is 2.64. The fourth-order valence-electron chi connectivity index (χ4n) is 1.82. The zero-order valence-electron chi connectivity index (χ0n) is 13.3. The molecule has 0 radical (unpaired) electrons. The van der Waals surface area contributed by atoms with E-state index in [9.17, 15) is 18.4 Å². The number of amides is 1. The van der Waals surface area contributed by atoms with Gasteiger partial charge in [0.2, 0.25) is 5.91 Å². The standard InChI is InChI=1S/C18H17F2NO2S/c1-11(2)18(23)21-13-5-3-12(4-6-13)17(22)10-24-14-7-8-15(19)16(20)9-14/h3-9,11H,10H2,1-2H3,(H,21,23). The van der Waals surface area contributed by atoms with Gasteiger partial charge in [0, 0.05) is 22.1 Å². The number of benzene rings is 2. The van der Waals surface area contributed by atoms with Gasteiger partial charge < -0.3 is 5.32 Å². The average Bonchev–Trinajstić information content (AvgIpc) is 2.56. The lowest BCUT2D eigenvalue weighted by atomic mass is 10.1. The Balaban J connectivity index is 1.94. The molecule has 0 unspecified atom stereocenters. The lowest BCUT2D eigenvalue weighted by Gasteiger charge is -2.08. The minimum atomic E-state index is -0.933. The topological polar surface area (TPSA) is 46.2 Å². The van der Waals surface area contributed by atoms with Gasteiger partial charge in [0.15, 0.2) is 17.4 Å². The SMILES string of the molecule is CC(C)C(=O)Nc1ccc(C(=O)CSc2ccc(F)c(F)c2)cc1. The van der Waals surface area contributed by atoms with Gasteiger partial charge in [0.05, 0.1) is 5.75 Å². The minimum Gasteiger partial charge on any atom is -0.326 e. The molecule has 24 heavy (non-hydrogen) atoms. The lowest BCUT2D eigenvalue weighted by Crippen LogP contribution is -2.17. The number of thioether (sulfide) groups is 1. The highest BCUT2D eigenvalue weighted by atomic mass is 32.2. The fraction of sp³-hybridized carbons (Fsp3) is 0.222. The van der Waals surface area contributed by atoms with Crippen LogP contribution in [0, 0.1) is 17.6 Å². The first-order chi connectivity index (χ1) is 11.4. The highest BCUT2D eigenvalue weighted by Crippen LogP contribution is 2.22. The molecule has 0 atom stereocenters. The van der Waals surface area contributed by atoms with Crippen LogP contribution in [0.4, 0.5) is 14.5 Å². The third-order valence-electron chi connectivity index (χ3n) is 3.26. The van der Waals surface area contributed by atoms with Gasteiger partial charge in [-0.1, -0.05) is 13.8 Å². The number of carbonyl (C=O) groups is 2. The van der Waals surface area contributed by atoms with Gasteiger partial charge in [0.25, 0.3) is 0 Å². The van der Waals surface area contributed by atoms with Gasteiger partial charge >= 0.3 is 0 Å². The van der Waals surface area contributed by atoms with Crippen LogP contribution in [-0.4, -0.2) is 17.4 Å². The van der Waals surface area contributed by atoms with E-state index in [0.717, 1.165) is 23.9 Å². The summed E-state index contributed by atoms with van der Waals surface area (Å²) in [5.74, 6) is -2.08. The summed E-state index contributed by atoms with van der Waals surface area (Å²) in [5.41, 5.74) is 1.12. The van der Waals surface area contributed by atoms with Gasteiger partial charge in [-0.3, -0.25) is 9.59 Å². The summed E-state index contributed by atoms with van der Waals surface area (Å²) < 4.78 is 26.0. The van der Waals surface area contributed by atoms with Gasteiger partial charge in [-0.2, -0.15) is 0 Å². The third kappa shape index (κ3) is 4.89. The van der Waals surface area contributed by atoms with Crippen LogP contribution in [0.5, 0.6) is 0 Å². The summed E-state index contributed by atoms with van der Waals surface area (Å²) in [7, 11) is 0. The number of anilines is 1. The zero-order valence-corrected chi connectivity index (χ0v) is 14.1. The third-order valence-corrected chi connectivity index (χ3v) is 4.25. The Labute approximate surface area is 143 Å². The largest absolute Gasteiger partial charge is 0.326 e. The van der Waals surface area contributed by atoms with E-state index in [-0.39, 0.29) is 23.4 Å². The summed E-state index contributed by atoms with van der Waals surface area (Å²) in [4.78, 5) is 24.2. The van der Waals surface area contributed by atoms with Crippen molar-refractivity contribution in [1.29, 1.82) is 0 Å². The summed E-state index contributed by atoms with van der Waals surface area (Å²) >= 11 is 1.14. The quantitative estimate of drug-likeness (QED) is 0.615. The molecule has 2 aromatic carbocycles. The molecule has 0 aliphatic rings. The van der Waals surface area contributed by atoms with Crippen LogP contribution in [0.3, 0.4) is 0 Å². The van der Waals surface area contributed by atoms with Crippen LogP contribution < -0.4 is 5.32 Å². The predicted octanol–water partition coefficient (Wildman–Crippen LogP) is 4.53.